The van der Waals surface area contributed by atoms with E-state index in [1.807, 2.05) is 0 Å². The van der Waals surface area contributed by atoms with Crippen LogP contribution in [0, 0.1) is 5.82 Å². The molecule has 4 nitrogen and oxygen atoms in total. The van der Waals surface area contributed by atoms with E-state index in [1.54, 1.807) is 13.1 Å². The SMILES string of the molecule is Cn1c(=O)n(CCO)c2cc(F)ccc21. The van der Waals surface area contributed by atoms with Crippen LogP contribution in [-0.4, -0.2) is 20.8 Å². The fraction of sp³-hybridized carbons (Fsp3) is 0.300. The highest BCUT2D eigenvalue weighted by Gasteiger charge is 2.10. The number of fused-ring (bicyclic) bond motifs is 1. The van der Waals surface area contributed by atoms with Gasteiger partial charge in [-0.2, -0.15) is 0 Å². The predicted molar refractivity (Wildman–Crippen MR) is 54.2 cm³/mol. The van der Waals surface area contributed by atoms with Crippen molar-refractivity contribution in [2.45, 2.75) is 6.54 Å². The van der Waals surface area contributed by atoms with Crippen molar-refractivity contribution in [2.24, 2.45) is 7.05 Å². The molecule has 80 valence electrons. The van der Waals surface area contributed by atoms with Crippen LogP contribution < -0.4 is 5.69 Å². The molecule has 5 heteroatoms. The van der Waals surface area contributed by atoms with Gasteiger partial charge in [-0.25, -0.2) is 9.18 Å². The van der Waals surface area contributed by atoms with Gasteiger partial charge in [0.15, 0.2) is 0 Å². The zero-order valence-corrected chi connectivity index (χ0v) is 8.27. The van der Waals surface area contributed by atoms with Gasteiger partial charge in [-0.1, -0.05) is 0 Å². The maximum Gasteiger partial charge on any atom is 0.328 e. The van der Waals surface area contributed by atoms with Crippen molar-refractivity contribution in [1.29, 1.82) is 0 Å². The standard InChI is InChI=1S/C10H11FN2O2/c1-12-8-3-2-7(11)6-9(8)13(4-5-14)10(12)15/h2-3,6,14H,4-5H2,1H3. The van der Waals surface area contributed by atoms with Crippen molar-refractivity contribution in [3.05, 3.63) is 34.5 Å². The minimum atomic E-state index is -0.389. The number of halogens is 1. The van der Waals surface area contributed by atoms with Crippen LogP contribution in [0.1, 0.15) is 0 Å². The van der Waals surface area contributed by atoms with Crippen LogP contribution >= 0.6 is 0 Å². The summed E-state index contributed by atoms with van der Waals surface area (Å²) in [6, 6.07) is 4.16. The molecule has 1 aromatic carbocycles. The Labute approximate surface area is 85.2 Å². The van der Waals surface area contributed by atoms with Crippen LogP contribution in [0.5, 0.6) is 0 Å². The minimum absolute atomic E-state index is 0.143. The number of aryl methyl sites for hydroxylation is 1. The number of rotatable bonds is 2. The molecule has 0 spiro atoms. The maximum atomic E-state index is 13.0. The van der Waals surface area contributed by atoms with Gasteiger partial charge in [0, 0.05) is 7.05 Å². The van der Waals surface area contributed by atoms with Gasteiger partial charge in [-0.05, 0) is 18.2 Å². The molecule has 1 aromatic heterocycles. The van der Waals surface area contributed by atoms with E-state index in [0.29, 0.717) is 11.0 Å². The lowest BCUT2D eigenvalue weighted by Crippen LogP contribution is -2.23. The second-order valence-corrected chi connectivity index (χ2v) is 3.35. The molecular formula is C10H11FN2O2. The number of imidazole rings is 1. The molecule has 0 saturated carbocycles. The summed E-state index contributed by atoms with van der Waals surface area (Å²) in [7, 11) is 1.62. The van der Waals surface area contributed by atoms with E-state index in [2.05, 4.69) is 0 Å². The van der Waals surface area contributed by atoms with E-state index in [1.165, 1.54) is 21.3 Å². The first-order valence-electron chi connectivity index (χ1n) is 4.61. The Hall–Kier alpha value is -1.62. The van der Waals surface area contributed by atoms with Crippen LogP contribution in [0.25, 0.3) is 11.0 Å². The second-order valence-electron chi connectivity index (χ2n) is 3.35. The molecule has 0 saturated heterocycles. The average Bonchev–Trinajstić information content (AvgIpc) is 2.44. The first kappa shape index (κ1) is 9.92. The fourth-order valence-electron chi connectivity index (χ4n) is 1.70. The maximum absolute atomic E-state index is 13.0. The highest BCUT2D eigenvalue weighted by molar-refractivity contribution is 5.76. The van der Waals surface area contributed by atoms with Crippen molar-refractivity contribution >= 4 is 11.0 Å². The van der Waals surface area contributed by atoms with Crippen LogP contribution in [0.2, 0.25) is 0 Å². The second kappa shape index (κ2) is 3.51. The number of nitrogens with zero attached hydrogens (tertiary/aromatic N) is 2. The Balaban J connectivity index is 2.82. The Kier molecular flexibility index (Phi) is 2.32. The molecule has 15 heavy (non-hydrogen) atoms. The van der Waals surface area contributed by atoms with Gasteiger partial charge in [-0.15, -0.1) is 0 Å². The summed E-state index contributed by atoms with van der Waals surface area (Å²) >= 11 is 0. The zero-order valence-electron chi connectivity index (χ0n) is 8.27. The summed E-state index contributed by atoms with van der Waals surface area (Å²) in [4.78, 5) is 11.7. The highest BCUT2D eigenvalue weighted by atomic mass is 19.1. The van der Waals surface area contributed by atoms with E-state index in [9.17, 15) is 9.18 Å². The average molecular weight is 210 g/mol. The largest absolute Gasteiger partial charge is 0.395 e. The van der Waals surface area contributed by atoms with Crippen LogP contribution in [-0.2, 0) is 13.6 Å². The molecule has 0 aliphatic heterocycles. The summed E-state index contributed by atoms with van der Waals surface area (Å²) < 4.78 is 15.8. The summed E-state index contributed by atoms with van der Waals surface area (Å²) in [5, 5.41) is 8.82. The minimum Gasteiger partial charge on any atom is -0.395 e. The quantitative estimate of drug-likeness (QED) is 0.783. The molecule has 0 amide bonds. The van der Waals surface area contributed by atoms with Crippen LogP contribution in [0.3, 0.4) is 0 Å². The van der Waals surface area contributed by atoms with E-state index < -0.39 is 0 Å². The van der Waals surface area contributed by atoms with Gasteiger partial charge in [0.2, 0.25) is 0 Å². The third kappa shape index (κ3) is 1.45. The first-order chi connectivity index (χ1) is 7.15. The molecule has 0 atom stereocenters. The molecule has 2 rings (SSSR count). The van der Waals surface area contributed by atoms with Gasteiger partial charge >= 0.3 is 5.69 Å². The van der Waals surface area contributed by atoms with Crippen molar-refractivity contribution in [3.63, 3.8) is 0 Å². The summed E-state index contributed by atoms with van der Waals surface area (Å²) in [6.45, 7) is 0.0369. The zero-order chi connectivity index (χ0) is 11.0. The molecule has 2 aromatic rings. The summed E-state index contributed by atoms with van der Waals surface area (Å²) in [5.74, 6) is -0.389. The lowest BCUT2D eigenvalue weighted by Gasteiger charge is -1.98. The number of hydrogen-bond acceptors (Lipinski definition) is 2. The lowest BCUT2D eigenvalue weighted by molar-refractivity contribution is 0.275. The molecule has 0 aliphatic carbocycles. The predicted octanol–water partition coefficient (Wildman–Crippen LogP) is 0.471. The van der Waals surface area contributed by atoms with Crippen molar-refractivity contribution < 1.29 is 9.50 Å². The number of aliphatic hydroxyl groups excluding tert-OH is 1. The van der Waals surface area contributed by atoms with Gasteiger partial charge in [0.1, 0.15) is 5.82 Å². The Morgan fingerprint density at radius 2 is 2.13 bits per heavy atom. The van der Waals surface area contributed by atoms with E-state index in [0.717, 1.165) is 0 Å². The third-order valence-electron chi connectivity index (χ3n) is 2.43. The molecule has 1 N–H and O–H groups in total. The summed E-state index contributed by atoms with van der Waals surface area (Å²) in [5.41, 5.74) is 0.927. The van der Waals surface area contributed by atoms with Gasteiger partial charge in [0.05, 0.1) is 24.2 Å². The first-order valence-corrected chi connectivity index (χ1v) is 4.61. The topological polar surface area (TPSA) is 47.2 Å². The Morgan fingerprint density at radius 3 is 2.80 bits per heavy atom. The Morgan fingerprint density at radius 1 is 1.40 bits per heavy atom. The van der Waals surface area contributed by atoms with Gasteiger partial charge < -0.3 is 5.11 Å². The molecule has 0 aliphatic rings. The molecular weight excluding hydrogens is 199 g/mol. The molecule has 0 fully saturated rings. The van der Waals surface area contributed by atoms with Crippen molar-refractivity contribution in [2.75, 3.05) is 6.61 Å². The lowest BCUT2D eigenvalue weighted by atomic mass is 10.3. The van der Waals surface area contributed by atoms with E-state index in [-0.39, 0.29) is 24.7 Å². The Bertz CT molecular complexity index is 556. The van der Waals surface area contributed by atoms with E-state index >= 15 is 0 Å². The van der Waals surface area contributed by atoms with E-state index in [4.69, 9.17) is 5.11 Å². The smallest absolute Gasteiger partial charge is 0.328 e. The molecule has 0 unspecified atom stereocenters. The third-order valence-corrected chi connectivity index (χ3v) is 2.43. The number of hydrogen-bond donors (Lipinski definition) is 1. The highest BCUT2D eigenvalue weighted by Crippen LogP contribution is 2.13. The van der Waals surface area contributed by atoms with Crippen LogP contribution in [0.4, 0.5) is 4.39 Å². The monoisotopic (exact) mass is 210 g/mol. The van der Waals surface area contributed by atoms with Gasteiger partial charge in [0.25, 0.3) is 0 Å². The molecule has 1 heterocycles. The number of aliphatic hydroxyl groups is 1. The fourth-order valence-corrected chi connectivity index (χ4v) is 1.70. The number of aromatic nitrogens is 2. The normalized spacial score (nSPS) is 11.1. The van der Waals surface area contributed by atoms with Crippen LogP contribution in [0.15, 0.2) is 23.0 Å². The molecule has 0 radical (unpaired) electrons. The number of benzene rings is 1. The van der Waals surface area contributed by atoms with Gasteiger partial charge in [-0.3, -0.25) is 9.13 Å². The van der Waals surface area contributed by atoms with Crippen molar-refractivity contribution in [3.8, 4) is 0 Å². The summed E-state index contributed by atoms with van der Waals surface area (Å²) in [6.07, 6.45) is 0. The molecule has 0 bridgehead atoms. The van der Waals surface area contributed by atoms with Crippen molar-refractivity contribution in [1.82, 2.24) is 9.13 Å².